The minimum absolute atomic E-state index is 0.0757. The normalized spacial score (nSPS) is 18.5. The highest BCUT2D eigenvalue weighted by molar-refractivity contribution is 5.76. The summed E-state index contributed by atoms with van der Waals surface area (Å²) in [6.07, 6.45) is -1.95. The summed E-state index contributed by atoms with van der Waals surface area (Å²) in [5.41, 5.74) is 5.75. The molecule has 1 aromatic carbocycles. The van der Waals surface area contributed by atoms with Crippen molar-refractivity contribution in [2.45, 2.75) is 46.1 Å². The smallest absolute Gasteiger partial charge is 0.413 e. The molecular weight excluding hydrogens is 392 g/mol. The van der Waals surface area contributed by atoms with Crippen LogP contribution in [0.4, 0.5) is 4.79 Å². The maximum absolute atomic E-state index is 12.4. The maximum Gasteiger partial charge on any atom is 0.413 e. The molecule has 2 unspecified atom stereocenters. The first-order valence-electron chi connectivity index (χ1n) is 10.2. The lowest BCUT2D eigenvalue weighted by Gasteiger charge is -2.32. The summed E-state index contributed by atoms with van der Waals surface area (Å²) < 4.78 is 27.4. The second-order valence-corrected chi connectivity index (χ2v) is 7.29. The second kappa shape index (κ2) is 11.6. The lowest BCUT2D eigenvalue weighted by molar-refractivity contribution is -0.169. The Kier molecular flexibility index (Phi) is 9.19. The summed E-state index contributed by atoms with van der Waals surface area (Å²) in [7, 11) is 0. The molecule has 3 atom stereocenters. The SMILES string of the molecule is CCOc1ccccc1OC[C@@H]1CN(C(=O)OC(C)OC(=O)C(N)C(C)C)CCO1. The van der Waals surface area contributed by atoms with Gasteiger partial charge in [-0.3, -0.25) is 4.79 Å². The number of esters is 1. The Balaban J connectivity index is 1.82. The van der Waals surface area contributed by atoms with Crippen molar-refractivity contribution in [2.24, 2.45) is 11.7 Å². The first-order valence-corrected chi connectivity index (χ1v) is 10.2. The molecule has 0 bridgehead atoms. The number of rotatable bonds is 9. The topological polar surface area (TPSA) is 110 Å². The zero-order chi connectivity index (χ0) is 22.1. The molecule has 0 spiro atoms. The van der Waals surface area contributed by atoms with Crippen molar-refractivity contribution < 1.29 is 33.3 Å². The van der Waals surface area contributed by atoms with Gasteiger partial charge in [0, 0.05) is 13.5 Å². The number of hydrogen-bond acceptors (Lipinski definition) is 8. The van der Waals surface area contributed by atoms with Crippen LogP contribution >= 0.6 is 0 Å². The molecule has 2 N–H and O–H groups in total. The van der Waals surface area contributed by atoms with Gasteiger partial charge in [-0.05, 0) is 25.0 Å². The van der Waals surface area contributed by atoms with Gasteiger partial charge in [0.15, 0.2) is 11.5 Å². The first kappa shape index (κ1) is 23.8. The van der Waals surface area contributed by atoms with Gasteiger partial charge in [0.05, 0.1) is 19.8 Å². The van der Waals surface area contributed by atoms with E-state index in [0.717, 1.165) is 0 Å². The molecule has 0 aromatic heterocycles. The summed E-state index contributed by atoms with van der Waals surface area (Å²) in [4.78, 5) is 25.8. The Morgan fingerprint density at radius 1 is 1.17 bits per heavy atom. The van der Waals surface area contributed by atoms with Crippen LogP contribution < -0.4 is 15.2 Å². The van der Waals surface area contributed by atoms with E-state index in [1.54, 1.807) is 0 Å². The molecule has 2 rings (SSSR count). The third kappa shape index (κ3) is 7.07. The summed E-state index contributed by atoms with van der Waals surface area (Å²) in [6.45, 7) is 8.80. The summed E-state index contributed by atoms with van der Waals surface area (Å²) in [5.74, 6) is 0.590. The predicted octanol–water partition coefficient (Wildman–Crippen LogP) is 2.17. The molecule has 1 aliphatic heterocycles. The number of para-hydroxylation sites is 2. The van der Waals surface area contributed by atoms with Crippen LogP contribution in [0.1, 0.15) is 27.7 Å². The molecule has 1 amide bonds. The standard InChI is InChI=1S/C21H32N2O7/c1-5-26-17-8-6-7-9-18(17)28-13-16-12-23(10-11-27-16)21(25)30-15(4)29-20(24)19(22)14(2)3/h6-9,14-16,19H,5,10-13,22H2,1-4H3/t15?,16-,19?/m0/s1. The van der Waals surface area contributed by atoms with Crippen LogP contribution in [0.2, 0.25) is 0 Å². The Bertz CT molecular complexity index is 698. The fourth-order valence-electron chi connectivity index (χ4n) is 2.77. The average molecular weight is 424 g/mol. The fraction of sp³-hybridized carbons (Fsp3) is 0.619. The van der Waals surface area contributed by atoms with Gasteiger partial charge in [-0.2, -0.15) is 0 Å². The maximum atomic E-state index is 12.4. The number of nitrogens with two attached hydrogens (primary N) is 1. The molecule has 168 valence electrons. The average Bonchev–Trinajstić information content (AvgIpc) is 2.72. The number of hydrogen-bond donors (Lipinski definition) is 1. The van der Waals surface area contributed by atoms with Gasteiger partial charge < -0.3 is 34.3 Å². The van der Waals surface area contributed by atoms with Crippen molar-refractivity contribution in [1.29, 1.82) is 0 Å². The van der Waals surface area contributed by atoms with Gasteiger partial charge in [0.1, 0.15) is 18.8 Å². The van der Waals surface area contributed by atoms with Crippen molar-refractivity contribution in [3.8, 4) is 11.5 Å². The Hall–Kier alpha value is -2.52. The van der Waals surface area contributed by atoms with Crippen LogP contribution in [0.15, 0.2) is 24.3 Å². The molecule has 1 fully saturated rings. The predicted molar refractivity (Wildman–Crippen MR) is 109 cm³/mol. The van der Waals surface area contributed by atoms with E-state index >= 15 is 0 Å². The second-order valence-electron chi connectivity index (χ2n) is 7.29. The minimum Gasteiger partial charge on any atom is -0.490 e. The van der Waals surface area contributed by atoms with Gasteiger partial charge >= 0.3 is 12.1 Å². The Morgan fingerprint density at radius 3 is 2.47 bits per heavy atom. The number of carbonyl (C=O) groups excluding carboxylic acids is 2. The molecule has 1 saturated heterocycles. The monoisotopic (exact) mass is 424 g/mol. The molecule has 1 aliphatic rings. The van der Waals surface area contributed by atoms with E-state index < -0.39 is 24.4 Å². The van der Waals surface area contributed by atoms with Crippen LogP contribution in [0.5, 0.6) is 11.5 Å². The van der Waals surface area contributed by atoms with Crippen molar-refractivity contribution >= 4 is 12.1 Å². The van der Waals surface area contributed by atoms with Gasteiger partial charge in [0.25, 0.3) is 0 Å². The largest absolute Gasteiger partial charge is 0.490 e. The van der Waals surface area contributed by atoms with Crippen molar-refractivity contribution in [1.82, 2.24) is 4.90 Å². The van der Waals surface area contributed by atoms with E-state index in [4.69, 9.17) is 29.4 Å². The van der Waals surface area contributed by atoms with Crippen molar-refractivity contribution in [3.05, 3.63) is 24.3 Å². The minimum atomic E-state index is -1.04. The van der Waals surface area contributed by atoms with Crippen molar-refractivity contribution in [2.75, 3.05) is 32.9 Å². The number of ether oxygens (including phenoxy) is 5. The third-order valence-electron chi connectivity index (χ3n) is 4.51. The van der Waals surface area contributed by atoms with E-state index in [1.165, 1.54) is 11.8 Å². The Labute approximate surface area is 177 Å². The zero-order valence-electron chi connectivity index (χ0n) is 18.0. The lowest BCUT2D eigenvalue weighted by atomic mass is 10.1. The van der Waals surface area contributed by atoms with Crippen LogP contribution in [-0.2, 0) is 19.0 Å². The number of benzene rings is 1. The molecule has 9 nitrogen and oxygen atoms in total. The summed E-state index contributed by atoms with van der Waals surface area (Å²) in [5, 5.41) is 0. The highest BCUT2D eigenvalue weighted by Crippen LogP contribution is 2.26. The highest BCUT2D eigenvalue weighted by Gasteiger charge is 2.28. The van der Waals surface area contributed by atoms with Crippen LogP contribution in [0, 0.1) is 5.92 Å². The molecule has 0 radical (unpaired) electrons. The van der Waals surface area contributed by atoms with E-state index in [9.17, 15) is 9.59 Å². The van der Waals surface area contributed by atoms with Gasteiger partial charge in [-0.25, -0.2) is 4.79 Å². The third-order valence-corrected chi connectivity index (χ3v) is 4.51. The summed E-state index contributed by atoms with van der Waals surface area (Å²) in [6, 6.07) is 6.61. The quantitative estimate of drug-likeness (QED) is 0.474. The Morgan fingerprint density at radius 2 is 1.83 bits per heavy atom. The van der Waals surface area contributed by atoms with Gasteiger partial charge in [-0.15, -0.1) is 0 Å². The molecule has 9 heteroatoms. The summed E-state index contributed by atoms with van der Waals surface area (Å²) >= 11 is 0. The van der Waals surface area contributed by atoms with E-state index in [1.807, 2.05) is 45.0 Å². The van der Waals surface area contributed by atoms with E-state index in [-0.39, 0.29) is 18.6 Å². The molecule has 30 heavy (non-hydrogen) atoms. The number of amides is 1. The van der Waals surface area contributed by atoms with Gasteiger partial charge in [0.2, 0.25) is 6.29 Å². The number of carbonyl (C=O) groups is 2. The van der Waals surface area contributed by atoms with E-state index in [0.29, 0.717) is 37.8 Å². The lowest BCUT2D eigenvalue weighted by Crippen LogP contribution is -2.48. The van der Waals surface area contributed by atoms with E-state index in [2.05, 4.69) is 0 Å². The zero-order valence-corrected chi connectivity index (χ0v) is 18.0. The molecular formula is C21H32N2O7. The van der Waals surface area contributed by atoms with Crippen molar-refractivity contribution in [3.63, 3.8) is 0 Å². The molecule has 1 heterocycles. The number of morpholine rings is 1. The first-order chi connectivity index (χ1) is 14.3. The highest BCUT2D eigenvalue weighted by atomic mass is 16.7. The van der Waals surface area contributed by atoms with Gasteiger partial charge in [-0.1, -0.05) is 26.0 Å². The van der Waals surface area contributed by atoms with Crippen LogP contribution in [0.3, 0.4) is 0 Å². The molecule has 0 saturated carbocycles. The van der Waals surface area contributed by atoms with Crippen LogP contribution in [-0.4, -0.2) is 68.3 Å². The molecule has 0 aliphatic carbocycles. The molecule has 1 aromatic rings. The number of nitrogens with zero attached hydrogens (tertiary/aromatic N) is 1. The van der Waals surface area contributed by atoms with Crippen LogP contribution in [0.25, 0.3) is 0 Å². The fourth-order valence-corrected chi connectivity index (χ4v) is 2.77.